The number of fused-ring (bicyclic) bond motifs is 8. The molecule has 0 radical (unpaired) electrons. The van der Waals surface area contributed by atoms with E-state index in [9.17, 15) is 0 Å². The van der Waals surface area contributed by atoms with Crippen LogP contribution in [0.15, 0.2) is 186 Å². The maximum absolute atomic E-state index is 6.55. The number of benzene rings is 8. The molecule has 0 bridgehead atoms. The number of hydrogen-bond acceptors (Lipinski definition) is 1. The zero-order valence-electron chi connectivity index (χ0n) is 29.9. The third kappa shape index (κ3) is 5.81. The van der Waals surface area contributed by atoms with E-state index in [-0.39, 0.29) is 5.41 Å². The summed E-state index contributed by atoms with van der Waals surface area (Å²) >= 11 is 0. The van der Waals surface area contributed by atoms with Gasteiger partial charge in [-0.25, -0.2) is 4.99 Å². The van der Waals surface area contributed by atoms with Gasteiger partial charge in [0.1, 0.15) is 5.84 Å². The molecular weight excluding hydrogens is 643 g/mol. The lowest BCUT2D eigenvalue weighted by molar-refractivity contribution is 0.666. The van der Waals surface area contributed by atoms with Gasteiger partial charge in [-0.3, -0.25) is 4.99 Å². The second kappa shape index (κ2) is 13.2. The van der Waals surface area contributed by atoms with Crippen LogP contribution in [0.3, 0.4) is 0 Å². The first-order valence-corrected chi connectivity index (χ1v) is 18.2. The number of amidine groups is 2. The maximum Gasteiger partial charge on any atom is 0.157 e. The molecule has 0 aliphatic heterocycles. The van der Waals surface area contributed by atoms with Crippen LogP contribution in [0.25, 0.3) is 54.9 Å². The van der Waals surface area contributed by atoms with E-state index in [1.807, 2.05) is 48.5 Å². The average Bonchev–Trinajstić information content (AvgIpc) is 3.46. The number of hydrogen-bond donors (Lipinski definition) is 1. The molecule has 1 aliphatic carbocycles. The number of aliphatic imine (C=N–C) groups is 2. The van der Waals surface area contributed by atoms with Gasteiger partial charge in [0.2, 0.25) is 0 Å². The Labute approximate surface area is 310 Å². The van der Waals surface area contributed by atoms with E-state index in [1.165, 1.54) is 54.9 Å². The lowest BCUT2D eigenvalue weighted by Crippen LogP contribution is -2.16. The predicted octanol–water partition coefficient (Wildman–Crippen LogP) is 12.0. The fourth-order valence-corrected chi connectivity index (χ4v) is 8.13. The summed E-state index contributed by atoms with van der Waals surface area (Å²) in [6.07, 6.45) is 0. The van der Waals surface area contributed by atoms with Crippen LogP contribution in [0.2, 0.25) is 0 Å². The Balaban J connectivity index is 1.12. The van der Waals surface area contributed by atoms with Gasteiger partial charge in [0.15, 0.2) is 5.84 Å². The summed E-state index contributed by atoms with van der Waals surface area (Å²) < 4.78 is 0. The van der Waals surface area contributed by atoms with Crippen molar-refractivity contribution in [1.82, 2.24) is 0 Å². The van der Waals surface area contributed by atoms with Crippen molar-refractivity contribution in [1.29, 1.82) is 0 Å². The third-order valence-electron chi connectivity index (χ3n) is 10.7. The summed E-state index contributed by atoms with van der Waals surface area (Å²) in [5.41, 5.74) is 19.4. The first-order valence-electron chi connectivity index (χ1n) is 18.2. The molecule has 53 heavy (non-hydrogen) atoms. The average molecular weight is 682 g/mol. The molecule has 9 rings (SSSR count). The number of nitrogens with two attached hydrogens (primary N) is 1. The molecule has 1 aliphatic rings. The monoisotopic (exact) mass is 681 g/mol. The first-order chi connectivity index (χ1) is 26.0. The summed E-state index contributed by atoms with van der Waals surface area (Å²) in [6, 6.07) is 62.2. The molecule has 3 nitrogen and oxygen atoms in total. The third-order valence-corrected chi connectivity index (χ3v) is 10.7. The second-order valence-corrected chi connectivity index (χ2v) is 14.4. The van der Waals surface area contributed by atoms with E-state index in [4.69, 9.17) is 15.7 Å². The van der Waals surface area contributed by atoms with Crippen LogP contribution in [0.1, 0.15) is 41.7 Å². The molecule has 254 valence electrons. The van der Waals surface area contributed by atoms with Crippen LogP contribution in [0.4, 0.5) is 0 Å². The van der Waals surface area contributed by atoms with Gasteiger partial charge in [0.25, 0.3) is 0 Å². The molecule has 8 aromatic rings. The van der Waals surface area contributed by atoms with Crippen LogP contribution in [0, 0.1) is 0 Å². The van der Waals surface area contributed by atoms with Crippen molar-refractivity contribution in [3.8, 4) is 33.4 Å². The Bertz CT molecular complexity index is 2720. The molecule has 3 heteroatoms. The molecule has 0 heterocycles. The highest BCUT2D eigenvalue weighted by atomic mass is 15.0. The van der Waals surface area contributed by atoms with Gasteiger partial charge in [-0.15, -0.1) is 0 Å². The highest BCUT2D eigenvalue weighted by Crippen LogP contribution is 2.55. The highest BCUT2D eigenvalue weighted by Gasteiger charge is 2.38. The molecule has 8 aromatic carbocycles. The standard InChI is InChI=1S/C50H39N3/c1-50(2)45-28-27-38(31-44(45)46-42-25-11-9-23-40(42)41-24-10-12-26-43(41)47(46)50)36-20-13-19-35(29-36)37-21-14-22-39(30-37)49(52-32-33-15-5-3-6-16-33)53-48(51)34-17-7-4-8-18-34/h3-31H,32H2,1-2H3,(H2,51,52,53). The smallest absolute Gasteiger partial charge is 0.157 e. The molecule has 0 amide bonds. The summed E-state index contributed by atoms with van der Waals surface area (Å²) in [4.78, 5) is 9.86. The van der Waals surface area contributed by atoms with Crippen LogP contribution in [0.5, 0.6) is 0 Å². The molecule has 2 N–H and O–H groups in total. The summed E-state index contributed by atoms with van der Waals surface area (Å²) in [5, 5.41) is 5.28. The zero-order valence-corrected chi connectivity index (χ0v) is 29.9. The largest absolute Gasteiger partial charge is 0.383 e. The molecule has 0 saturated carbocycles. The van der Waals surface area contributed by atoms with Gasteiger partial charge in [0.05, 0.1) is 6.54 Å². The van der Waals surface area contributed by atoms with Crippen molar-refractivity contribution in [2.24, 2.45) is 15.7 Å². The fourth-order valence-electron chi connectivity index (χ4n) is 8.13. The van der Waals surface area contributed by atoms with Gasteiger partial charge < -0.3 is 5.73 Å². The second-order valence-electron chi connectivity index (χ2n) is 14.4. The molecule has 0 aromatic heterocycles. The summed E-state index contributed by atoms with van der Waals surface area (Å²) in [7, 11) is 0. The SMILES string of the molecule is CC1(C)c2ccc(-c3cccc(-c4cccc(C(N=C(N)c5ccccc5)=NCc5ccccc5)c4)c3)cc2-c2c1c1ccccc1c1ccccc21. The van der Waals surface area contributed by atoms with Gasteiger partial charge >= 0.3 is 0 Å². The molecule has 0 atom stereocenters. The minimum atomic E-state index is -0.124. The van der Waals surface area contributed by atoms with Crippen molar-refractivity contribution in [2.75, 3.05) is 0 Å². The van der Waals surface area contributed by atoms with Gasteiger partial charge in [0, 0.05) is 16.5 Å². The van der Waals surface area contributed by atoms with Crippen LogP contribution >= 0.6 is 0 Å². The molecule has 0 unspecified atom stereocenters. The zero-order chi connectivity index (χ0) is 35.9. The van der Waals surface area contributed by atoms with Crippen LogP contribution in [-0.2, 0) is 12.0 Å². The fraction of sp³-hybridized carbons (Fsp3) is 0.0800. The molecular formula is C50H39N3. The Hall–Kier alpha value is -6.58. The van der Waals surface area contributed by atoms with E-state index in [0.717, 1.165) is 27.8 Å². The van der Waals surface area contributed by atoms with Crippen molar-refractivity contribution >= 4 is 33.2 Å². The van der Waals surface area contributed by atoms with Crippen LogP contribution in [-0.4, -0.2) is 11.7 Å². The van der Waals surface area contributed by atoms with Gasteiger partial charge in [-0.2, -0.15) is 0 Å². The first kappa shape index (κ1) is 32.3. The van der Waals surface area contributed by atoms with Crippen molar-refractivity contribution in [3.05, 3.63) is 204 Å². The summed E-state index contributed by atoms with van der Waals surface area (Å²) in [5.74, 6) is 1.04. The number of nitrogens with zero attached hydrogens (tertiary/aromatic N) is 2. The van der Waals surface area contributed by atoms with E-state index in [1.54, 1.807) is 0 Å². The van der Waals surface area contributed by atoms with E-state index < -0.39 is 0 Å². The Morgan fingerprint density at radius 3 is 1.77 bits per heavy atom. The Morgan fingerprint density at radius 2 is 1.06 bits per heavy atom. The van der Waals surface area contributed by atoms with Gasteiger partial charge in [-0.1, -0.05) is 172 Å². The lowest BCUT2D eigenvalue weighted by Gasteiger charge is -2.24. The van der Waals surface area contributed by atoms with E-state index >= 15 is 0 Å². The van der Waals surface area contributed by atoms with Crippen LogP contribution < -0.4 is 5.73 Å². The molecule has 0 fully saturated rings. The highest BCUT2D eigenvalue weighted by molar-refractivity contribution is 6.18. The normalized spacial score (nSPS) is 13.6. The van der Waals surface area contributed by atoms with Gasteiger partial charge in [-0.05, 0) is 89.8 Å². The molecule has 0 spiro atoms. The maximum atomic E-state index is 6.55. The Morgan fingerprint density at radius 1 is 0.509 bits per heavy atom. The van der Waals surface area contributed by atoms with Crippen molar-refractivity contribution in [3.63, 3.8) is 0 Å². The van der Waals surface area contributed by atoms with E-state index in [2.05, 4.69) is 141 Å². The minimum Gasteiger partial charge on any atom is -0.383 e. The summed E-state index contributed by atoms with van der Waals surface area (Å²) in [6.45, 7) is 5.26. The minimum absolute atomic E-state index is 0.124. The predicted molar refractivity (Wildman–Crippen MR) is 224 cm³/mol. The molecule has 0 saturated heterocycles. The van der Waals surface area contributed by atoms with Crippen molar-refractivity contribution in [2.45, 2.75) is 25.8 Å². The Kier molecular flexibility index (Phi) is 8.05. The lowest BCUT2D eigenvalue weighted by atomic mass is 9.79. The topological polar surface area (TPSA) is 50.7 Å². The quantitative estimate of drug-likeness (QED) is 0.106. The number of rotatable bonds is 6. The van der Waals surface area contributed by atoms with E-state index in [0.29, 0.717) is 18.2 Å². The van der Waals surface area contributed by atoms with Crippen molar-refractivity contribution < 1.29 is 0 Å².